The molecule has 1 aromatic rings. The van der Waals surface area contributed by atoms with Crippen molar-refractivity contribution >= 4 is 17.9 Å². The van der Waals surface area contributed by atoms with Crippen molar-refractivity contribution in [2.75, 3.05) is 0 Å². The number of ether oxygens (including phenoxy) is 1. The van der Waals surface area contributed by atoms with Crippen molar-refractivity contribution in [3.63, 3.8) is 0 Å². The number of hydrogen-bond acceptors (Lipinski definition) is 4. The number of rotatable bonds is 4. The summed E-state index contributed by atoms with van der Waals surface area (Å²) in [6.07, 6.45) is -1.05. The molecule has 0 aliphatic carbocycles. The summed E-state index contributed by atoms with van der Waals surface area (Å²) < 4.78 is 5.30. The van der Waals surface area contributed by atoms with Gasteiger partial charge in [0, 0.05) is 0 Å². The molecule has 0 bridgehead atoms. The molecule has 0 saturated heterocycles. The molecule has 102 valence electrons. The topological polar surface area (TPSA) is 119 Å². The van der Waals surface area contributed by atoms with Gasteiger partial charge in [-0.2, -0.15) is 0 Å². The number of carbonyl (C=O) groups is 3. The minimum Gasteiger partial charge on any atom is -0.480 e. The normalized spacial score (nSPS) is 11.5. The van der Waals surface area contributed by atoms with Crippen LogP contribution in [-0.4, -0.2) is 29.1 Å². The van der Waals surface area contributed by atoms with Gasteiger partial charge in [0.2, 0.25) is 0 Å². The van der Waals surface area contributed by atoms with Crippen molar-refractivity contribution in [2.24, 2.45) is 5.73 Å². The average molecular weight is 266 g/mol. The zero-order valence-electron chi connectivity index (χ0n) is 10.5. The molecule has 4 N–H and O–H groups in total. The number of aryl methyl sites for hydroxylation is 1. The number of imide groups is 1. The van der Waals surface area contributed by atoms with Crippen LogP contribution in [0.4, 0.5) is 4.79 Å². The van der Waals surface area contributed by atoms with E-state index in [1.54, 1.807) is 19.1 Å². The Morgan fingerprint density at radius 3 is 2.53 bits per heavy atom. The van der Waals surface area contributed by atoms with Crippen molar-refractivity contribution in [2.45, 2.75) is 20.0 Å². The Bertz CT molecular complexity index is 527. The van der Waals surface area contributed by atoms with Crippen LogP contribution < -0.4 is 15.8 Å². The van der Waals surface area contributed by atoms with Crippen LogP contribution in [0.1, 0.15) is 22.8 Å². The lowest BCUT2D eigenvalue weighted by Gasteiger charge is -2.16. The largest absolute Gasteiger partial charge is 0.480 e. The van der Waals surface area contributed by atoms with E-state index in [0.29, 0.717) is 5.56 Å². The van der Waals surface area contributed by atoms with Crippen LogP contribution >= 0.6 is 0 Å². The molecular weight excluding hydrogens is 252 g/mol. The lowest BCUT2D eigenvalue weighted by atomic mass is 10.1. The van der Waals surface area contributed by atoms with E-state index in [2.05, 4.69) is 0 Å². The van der Waals surface area contributed by atoms with E-state index in [1.165, 1.54) is 13.0 Å². The number of carboxylic acids is 1. The van der Waals surface area contributed by atoms with Gasteiger partial charge < -0.3 is 15.6 Å². The number of carbonyl (C=O) groups excluding carboxylic acids is 2. The first-order valence-electron chi connectivity index (χ1n) is 5.42. The lowest BCUT2D eigenvalue weighted by Crippen LogP contribution is -2.42. The molecule has 0 heterocycles. The third-order valence-corrected chi connectivity index (χ3v) is 2.35. The Morgan fingerprint density at radius 2 is 2.00 bits per heavy atom. The number of benzene rings is 1. The number of hydrogen-bond donors (Lipinski definition) is 3. The Hall–Kier alpha value is -2.57. The first-order valence-corrected chi connectivity index (χ1v) is 5.42. The Morgan fingerprint density at radius 1 is 1.37 bits per heavy atom. The maximum Gasteiger partial charge on any atom is 0.339 e. The molecule has 0 fully saturated rings. The van der Waals surface area contributed by atoms with Crippen molar-refractivity contribution < 1.29 is 24.2 Å². The molecular formula is C12H14N2O5. The second-order valence-corrected chi connectivity index (χ2v) is 3.87. The van der Waals surface area contributed by atoms with E-state index < -0.39 is 24.0 Å². The van der Waals surface area contributed by atoms with Crippen LogP contribution in [0.3, 0.4) is 0 Å². The fourth-order valence-electron chi connectivity index (χ4n) is 1.43. The molecule has 0 radical (unpaired) electrons. The van der Waals surface area contributed by atoms with Crippen LogP contribution in [0.25, 0.3) is 0 Å². The van der Waals surface area contributed by atoms with Crippen molar-refractivity contribution in [3.8, 4) is 5.75 Å². The predicted octanol–water partition coefficient (Wildman–Crippen LogP) is 0.655. The first kappa shape index (κ1) is 14.5. The SMILES string of the molecule is Cc1cccc(C(=O)O)c1OC(C)C(=O)NC(N)=O. The summed E-state index contributed by atoms with van der Waals surface area (Å²) >= 11 is 0. The van der Waals surface area contributed by atoms with Gasteiger partial charge >= 0.3 is 12.0 Å². The Labute approximate surface area is 109 Å². The van der Waals surface area contributed by atoms with Gasteiger partial charge in [0.1, 0.15) is 11.3 Å². The molecule has 1 atom stereocenters. The van der Waals surface area contributed by atoms with Gasteiger partial charge in [-0.25, -0.2) is 9.59 Å². The summed E-state index contributed by atoms with van der Waals surface area (Å²) in [6.45, 7) is 3.04. The molecule has 7 nitrogen and oxygen atoms in total. The fraction of sp³-hybridized carbons (Fsp3) is 0.250. The van der Waals surface area contributed by atoms with Gasteiger partial charge in [-0.1, -0.05) is 12.1 Å². The number of nitrogens with one attached hydrogen (secondary N) is 1. The highest BCUT2D eigenvalue weighted by atomic mass is 16.5. The summed E-state index contributed by atoms with van der Waals surface area (Å²) in [5.41, 5.74) is 5.32. The van der Waals surface area contributed by atoms with Gasteiger partial charge in [-0.15, -0.1) is 0 Å². The standard InChI is InChI=1S/C12H14N2O5/c1-6-4-3-5-8(11(16)17)9(6)19-7(2)10(15)14-12(13)18/h3-5,7H,1-2H3,(H,16,17)(H3,13,14,15,18). The molecule has 3 amide bonds. The van der Waals surface area contributed by atoms with Gasteiger partial charge in [0.15, 0.2) is 6.10 Å². The number of para-hydroxylation sites is 1. The quantitative estimate of drug-likeness (QED) is 0.739. The molecule has 7 heteroatoms. The molecule has 0 aliphatic rings. The lowest BCUT2D eigenvalue weighted by molar-refractivity contribution is -0.126. The van der Waals surface area contributed by atoms with Crippen LogP contribution in [0, 0.1) is 6.92 Å². The van der Waals surface area contributed by atoms with Gasteiger partial charge in [0.25, 0.3) is 5.91 Å². The third-order valence-electron chi connectivity index (χ3n) is 2.35. The highest BCUT2D eigenvalue weighted by Gasteiger charge is 2.20. The summed E-state index contributed by atoms with van der Waals surface area (Å²) in [5.74, 6) is -1.82. The molecule has 0 aliphatic heterocycles. The number of urea groups is 1. The molecule has 1 rings (SSSR count). The molecule has 0 spiro atoms. The van der Waals surface area contributed by atoms with E-state index in [0.717, 1.165) is 0 Å². The minimum absolute atomic E-state index is 0.0567. The van der Waals surface area contributed by atoms with Crippen LogP contribution in [0.2, 0.25) is 0 Å². The van der Waals surface area contributed by atoms with E-state index in [9.17, 15) is 14.4 Å². The van der Waals surface area contributed by atoms with Crippen LogP contribution in [-0.2, 0) is 4.79 Å². The smallest absolute Gasteiger partial charge is 0.339 e. The highest BCUT2D eigenvalue weighted by Crippen LogP contribution is 2.24. The van der Waals surface area contributed by atoms with Gasteiger partial charge in [-0.05, 0) is 25.5 Å². The number of amides is 3. The second-order valence-electron chi connectivity index (χ2n) is 3.87. The van der Waals surface area contributed by atoms with E-state index in [-0.39, 0.29) is 11.3 Å². The maximum atomic E-state index is 11.5. The van der Waals surface area contributed by atoms with Gasteiger partial charge in [0.05, 0.1) is 0 Å². The molecule has 19 heavy (non-hydrogen) atoms. The van der Waals surface area contributed by atoms with Crippen LogP contribution in [0.15, 0.2) is 18.2 Å². The fourth-order valence-corrected chi connectivity index (χ4v) is 1.43. The zero-order chi connectivity index (χ0) is 14.6. The highest BCUT2D eigenvalue weighted by molar-refractivity contribution is 5.96. The second kappa shape index (κ2) is 5.85. The van der Waals surface area contributed by atoms with Crippen molar-refractivity contribution in [1.82, 2.24) is 5.32 Å². The Kier molecular flexibility index (Phi) is 4.46. The summed E-state index contributed by atoms with van der Waals surface area (Å²) in [6, 6.07) is 3.59. The van der Waals surface area contributed by atoms with Crippen molar-refractivity contribution in [3.05, 3.63) is 29.3 Å². The minimum atomic E-state index is -1.17. The molecule has 0 saturated carbocycles. The summed E-state index contributed by atoms with van der Waals surface area (Å²) in [7, 11) is 0. The van der Waals surface area contributed by atoms with Gasteiger partial charge in [-0.3, -0.25) is 10.1 Å². The van der Waals surface area contributed by atoms with E-state index in [4.69, 9.17) is 15.6 Å². The number of carboxylic acid groups (broad SMARTS) is 1. The van der Waals surface area contributed by atoms with Crippen molar-refractivity contribution in [1.29, 1.82) is 0 Å². The third kappa shape index (κ3) is 3.70. The molecule has 0 aromatic heterocycles. The van der Waals surface area contributed by atoms with E-state index in [1.807, 2.05) is 5.32 Å². The van der Waals surface area contributed by atoms with E-state index >= 15 is 0 Å². The monoisotopic (exact) mass is 266 g/mol. The first-order chi connectivity index (χ1) is 8.82. The number of nitrogens with two attached hydrogens (primary N) is 1. The molecule has 1 unspecified atom stereocenters. The summed E-state index contributed by atoms with van der Waals surface area (Å²) in [4.78, 5) is 33.1. The van der Waals surface area contributed by atoms with Crippen LogP contribution in [0.5, 0.6) is 5.75 Å². The zero-order valence-corrected chi connectivity index (χ0v) is 10.5. The predicted molar refractivity (Wildman–Crippen MR) is 66.0 cm³/mol. The molecule has 1 aromatic carbocycles. The summed E-state index contributed by atoms with van der Waals surface area (Å²) in [5, 5.41) is 10.9. The average Bonchev–Trinajstić information content (AvgIpc) is 2.30. The maximum absolute atomic E-state index is 11.5. The Balaban J connectivity index is 2.96. The number of primary amides is 1. The number of aromatic carboxylic acids is 1.